The molecule has 0 spiro atoms. The van der Waals surface area contributed by atoms with Crippen LogP contribution in [0.1, 0.15) is 16.8 Å². The second-order valence-corrected chi connectivity index (χ2v) is 6.97. The summed E-state index contributed by atoms with van der Waals surface area (Å²) >= 11 is 1.93. The summed E-state index contributed by atoms with van der Waals surface area (Å²) < 4.78 is 13.2. The lowest BCUT2D eigenvalue weighted by Gasteiger charge is -2.14. The van der Waals surface area contributed by atoms with E-state index in [4.69, 9.17) is 9.47 Å². The van der Waals surface area contributed by atoms with Crippen LogP contribution in [0.3, 0.4) is 0 Å². The molecule has 3 rings (SSSR count). The van der Waals surface area contributed by atoms with Crippen LogP contribution >= 0.6 is 22.6 Å². The van der Waals surface area contributed by atoms with Gasteiger partial charge in [-0.15, -0.1) is 0 Å². The Bertz CT molecular complexity index is 984. The van der Waals surface area contributed by atoms with Gasteiger partial charge in [0.2, 0.25) is 0 Å². The van der Waals surface area contributed by atoms with Crippen molar-refractivity contribution in [3.63, 3.8) is 0 Å². The van der Waals surface area contributed by atoms with Gasteiger partial charge in [-0.05, 0) is 33.7 Å². The highest BCUT2D eigenvalue weighted by Gasteiger charge is 2.13. The molecule has 1 N–H and O–H groups in total. The molecule has 0 aliphatic rings. The summed E-state index contributed by atoms with van der Waals surface area (Å²) in [6.45, 7) is 0.932. The number of H-pyrrole nitrogens is 1. The van der Waals surface area contributed by atoms with Crippen molar-refractivity contribution in [2.24, 2.45) is 0 Å². The largest absolute Gasteiger partial charge is 0.371 e. The third-order valence-corrected chi connectivity index (χ3v) is 5.04. The molecule has 6 nitrogen and oxygen atoms in total. The average molecular weight is 478 g/mol. The molecule has 3 aromatic rings. The predicted molar refractivity (Wildman–Crippen MR) is 110 cm³/mol. The van der Waals surface area contributed by atoms with Crippen LogP contribution in [-0.2, 0) is 36.0 Å². The molecule has 27 heavy (non-hydrogen) atoms. The number of hydrogen-bond acceptors (Lipinski definition) is 4. The Kier molecular flexibility index (Phi) is 6.97. The summed E-state index contributed by atoms with van der Waals surface area (Å²) in [5.74, 6) is 0. The van der Waals surface area contributed by atoms with E-state index in [0.717, 1.165) is 11.1 Å². The number of aromatic nitrogens is 2. The fraction of sp³-hybridized carbons (Fsp3) is 0.200. The van der Waals surface area contributed by atoms with Gasteiger partial charge in [0.15, 0.2) is 0 Å². The Morgan fingerprint density at radius 1 is 0.815 bits per heavy atom. The molecule has 1 heterocycles. The highest BCUT2D eigenvalue weighted by molar-refractivity contribution is 14.1. The van der Waals surface area contributed by atoms with Crippen molar-refractivity contribution in [3.05, 3.63) is 102 Å². The first-order valence-electron chi connectivity index (χ1n) is 8.40. The SMILES string of the molecule is O=c1[nH]c(=O)n(COCc2ccccc2)c(COCc2ccccc2)c1I. The zero-order valence-electron chi connectivity index (χ0n) is 14.6. The van der Waals surface area contributed by atoms with Gasteiger partial charge in [-0.2, -0.15) is 0 Å². The Labute approximate surface area is 169 Å². The van der Waals surface area contributed by atoms with Crippen LogP contribution < -0.4 is 11.2 Å². The fourth-order valence-electron chi connectivity index (χ4n) is 2.54. The number of rotatable bonds is 8. The highest BCUT2D eigenvalue weighted by atomic mass is 127. The Hall–Kier alpha value is -2.23. The third-order valence-electron chi connectivity index (χ3n) is 3.93. The Morgan fingerprint density at radius 2 is 1.37 bits per heavy atom. The van der Waals surface area contributed by atoms with Gasteiger partial charge in [0.1, 0.15) is 10.3 Å². The maximum absolute atomic E-state index is 12.3. The van der Waals surface area contributed by atoms with Gasteiger partial charge in [-0.3, -0.25) is 14.3 Å². The number of benzene rings is 2. The van der Waals surface area contributed by atoms with Crippen LogP contribution in [0.25, 0.3) is 0 Å². The standard InChI is InChI=1S/C20H19IN2O4/c21-18-17(13-26-11-15-7-3-1-4-8-15)23(20(25)22-19(18)24)14-27-12-16-9-5-2-6-10-16/h1-10H,11-14H2,(H,22,24,25). The minimum Gasteiger partial charge on any atom is -0.371 e. The van der Waals surface area contributed by atoms with E-state index in [1.54, 1.807) is 0 Å². The normalized spacial score (nSPS) is 10.9. The maximum atomic E-state index is 12.3. The minimum absolute atomic E-state index is 0.0323. The molecule has 0 saturated carbocycles. The predicted octanol–water partition coefficient (Wildman–Crippen LogP) is 3.03. The molecule has 0 saturated heterocycles. The number of nitrogens with zero attached hydrogens (tertiary/aromatic N) is 1. The van der Waals surface area contributed by atoms with Gasteiger partial charge < -0.3 is 9.47 Å². The summed E-state index contributed by atoms with van der Waals surface area (Å²) in [7, 11) is 0. The second-order valence-electron chi connectivity index (χ2n) is 5.89. The van der Waals surface area contributed by atoms with Gasteiger partial charge in [0, 0.05) is 0 Å². The van der Waals surface area contributed by atoms with Crippen LogP contribution in [0.15, 0.2) is 70.3 Å². The first-order chi connectivity index (χ1) is 13.1. The minimum atomic E-state index is -0.508. The van der Waals surface area contributed by atoms with Crippen molar-refractivity contribution < 1.29 is 9.47 Å². The molecule has 0 atom stereocenters. The first kappa shape index (κ1) is 19.5. The number of halogens is 1. The highest BCUT2D eigenvalue weighted by Crippen LogP contribution is 2.10. The number of aromatic amines is 1. The lowest BCUT2D eigenvalue weighted by atomic mass is 10.2. The van der Waals surface area contributed by atoms with Crippen molar-refractivity contribution in [2.75, 3.05) is 0 Å². The lowest BCUT2D eigenvalue weighted by molar-refractivity contribution is 0.0480. The van der Waals surface area contributed by atoms with Gasteiger partial charge in [0.25, 0.3) is 5.56 Å². The van der Waals surface area contributed by atoms with Crippen LogP contribution in [0.4, 0.5) is 0 Å². The van der Waals surface area contributed by atoms with Gasteiger partial charge in [0.05, 0.1) is 25.5 Å². The molecule has 140 valence electrons. The summed E-state index contributed by atoms with van der Waals surface area (Å²) in [5, 5.41) is 0. The van der Waals surface area contributed by atoms with E-state index in [9.17, 15) is 9.59 Å². The van der Waals surface area contributed by atoms with Crippen molar-refractivity contribution in [2.45, 2.75) is 26.6 Å². The van der Waals surface area contributed by atoms with E-state index >= 15 is 0 Å². The molecule has 1 aromatic heterocycles. The van der Waals surface area contributed by atoms with Crippen LogP contribution in [0.5, 0.6) is 0 Å². The molecule has 7 heteroatoms. The maximum Gasteiger partial charge on any atom is 0.330 e. The van der Waals surface area contributed by atoms with Crippen molar-refractivity contribution in [1.29, 1.82) is 0 Å². The summed E-state index contributed by atoms with van der Waals surface area (Å²) in [6.07, 6.45) is 0. The average Bonchev–Trinajstić information content (AvgIpc) is 2.69. The van der Waals surface area contributed by atoms with E-state index in [0.29, 0.717) is 22.5 Å². The third kappa shape index (κ3) is 5.38. The van der Waals surface area contributed by atoms with E-state index in [2.05, 4.69) is 4.98 Å². The quantitative estimate of drug-likeness (QED) is 0.506. The smallest absolute Gasteiger partial charge is 0.330 e. The molecule has 0 fully saturated rings. The first-order valence-corrected chi connectivity index (χ1v) is 9.48. The van der Waals surface area contributed by atoms with Crippen molar-refractivity contribution >= 4 is 22.6 Å². The van der Waals surface area contributed by atoms with Crippen LogP contribution in [0, 0.1) is 3.57 Å². The summed E-state index contributed by atoms with van der Waals surface area (Å²) in [6, 6.07) is 19.4. The van der Waals surface area contributed by atoms with Gasteiger partial charge >= 0.3 is 5.69 Å². The zero-order valence-corrected chi connectivity index (χ0v) is 16.7. The van der Waals surface area contributed by atoms with E-state index in [-0.39, 0.29) is 13.3 Å². The van der Waals surface area contributed by atoms with Crippen molar-refractivity contribution in [1.82, 2.24) is 9.55 Å². The number of nitrogens with one attached hydrogen (secondary N) is 1. The van der Waals surface area contributed by atoms with Crippen molar-refractivity contribution in [3.8, 4) is 0 Å². The summed E-state index contributed by atoms with van der Waals surface area (Å²) in [5.41, 5.74) is 1.61. The van der Waals surface area contributed by atoms with Crippen LogP contribution in [0.2, 0.25) is 0 Å². The molecular weight excluding hydrogens is 459 g/mol. The molecule has 0 bridgehead atoms. The van der Waals surface area contributed by atoms with E-state index in [1.165, 1.54) is 4.57 Å². The lowest BCUT2D eigenvalue weighted by Crippen LogP contribution is -2.35. The zero-order chi connectivity index (χ0) is 19.1. The van der Waals surface area contributed by atoms with E-state index < -0.39 is 11.2 Å². The molecule has 0 amide bonds. The molecule has 0 aliphatic heterocycles. The second kappa shape index (κ2) is 9.63. The topological polar surface area (TPSA) is 73.3 Å². The summed E-state index contributed by atoms with van der Waals surface area (Å²) in [4.78, 5) is 26.5. The molecule has 0 aliphatic carbocycles. The fourth-order valence-corrected chi connectivity index (χ4v) is 3.12. The van der Waals surface area contributed by atoms with Gasteiger partial charge in [-0.25, -0.2) is 4.79 Å². The van der Waals surface area contributed by atoms with Gasteiger partial charge in [-0.1, -0.05) is 60.7 Å². The number of hydrogen-bond donors (Lipinski definition) is 1. The Balaban J connectivity index is 1.71. The van der Waals surface area contributed by atoms with Crippen LogP contribution in [-0.4, -0.2) is 9.55 Å². The monoisotopic (exact) mass is 478 g/mol. The molecule has 0 unspecified atom stereocenters. The number of ether oxygens (including phenoxy) is 2. The molecule has 0 radical (unpaired) electrons. The van der Waals surface area contributed by atoms with E-state index in [1.807, 2.05) is 83.3 Å². The molecular formula is C20H19IN2O4. The Morgan fingerprint density at radius 3 is 1.96 bits per heavy atom. The molecule has 2 aromatic carbocycles.